The van der Waals surface area contributed by atoms with Crippen molar-refractivity contribution in [2.24, 2.45) is 0 Å². The Hall–Kier alpha value is -0.370. The zero-order chi connectivity index (χ0) is 15.6. The Labute approximate surface area is 129 Å². The van der Waals surface area contributed by atoms with Crippen LogP contribution in [0.2, 0.25) is 0 Å². The standard InChI is InChI=1S/C13H23BrN2O3S/c1-6-13(3,4)16(5)20(17,18)11-8-10(9-15-7-2)19-12(11)14/h8,15H,6-7,9H2,1-5H3. The van der Waals surface area contributed by atoms with Crippen LogP contribution in [0.3, 0.4) is 0 Å². The molecule has 0 spiro atoms. The lowest BCUT2D eigenvalue weighted by Gasteiger charge is -2.33. The summed E-state index contributed by atoms with van der Waals surface area (Å²) in [5.41, 5.74) is -0.447. The smallest absolute Gasteiger partial charge is 0.247 e. The first-order valence-electron chi connectivity index (χ1n) is 6.64. The van der Waals surface area contributed by atoms with Gasteiger partial charge in [-0.1, -0.05) is 13.8 Å². The van der Waals surface area contributed by atoms with Crippen LogP contribution < -0.4 is 5.32 Å². The van der Waals surface area contributed by atoms with Crippen molar-refractivity contribution in [2.45, 2.75) is 51.1 Å². The van der Waals surface area contributed by atoms with E-state index in [1.807, 2.05) is 27.7 Å². The molecule has 7 heteroatoms. The summed E-state index contributed by atoms with van der Waals surface area (Å²) >= 11 is 3.20. The van der Waals surface area contributed by atoms with Crippen molar-refractivity contribution in [3.8, 4) is 0 Å². The van der Waals surface area contributed by atoms with E-state index < -0.39 is 15.6 Å². The molecule has 116 valence electrons. The SMILES string of the molecule is CCNCc1cc(S(=O)(=O)N(C)C(C)(C)CC)c(Br)o1. The van der Waals surface area contributed by atoms with Gasteiger partial charge in [0.15, 0.2) is 4.67 Å². The number of nitrogens with zero attached hydrogens (tertiary/aromatic N) is 1. The zero-order valence-corrected chi connectivity index (χ0v) is 15.1. The van der Waals surface area contributed by atoms with E-state index in [1.54, 1.807) is 13.1 Å². The summed E-state index contributed by atoms with van der Waals surface area (Å²) in [7, 11) is -1.98. The third-order valence-corrected chi connectivity index (χ3v) is 6.54. The minimum absolute atomic E-state index is 0.175. The van der Waals surface area contributed by atoms with E-state index in [1.165, 1.54) is 4.31 Å². The minimum atomic E-state index is -3.58. The summed E-state index contributed by atoms with van der Waals surface area (Å²) in [4.78, 5) is 0.175. The maximum absolute atomic E-state index is 12.7. The molecule has 20 heavy (non-hydrogen) atoms. The molecule has 0 aliphatic carbocycles. The average Bonchev–Trinajstić information content (AvgIpc) is 2.77. The summed E-state index contributed by atoms with van der Waals surface area (Å²) in [6.07, 6.45) is 0.725. The fourth-order valence-electron chi connectivity index (χ4n) is 1.60. The van der Waals surface area contributed by atoms with Crippen LogP contribution in [-0.4, -0.2) is 31.9 Å². The van der Waals surface area contributed by atoms with Crippen LogP contribution in [0.15, 0.2) is 20.0 Å². The molecule has 0 fully saturated rings. The summed E-state index contributed by atoms with van der Waals surface area (Å²) in [6.45, 7) is 9.05. The molecule has 0 saturated heterocycles. The summed E-state index contributed by atoms with van der Waals surface area (Å²) < 4.78 is 32.4. The van der Waals surface area contributed by atoms with Crippen LogP contribution in [-0.2, 0) is 16.6 Å². The molecule has 1 aromatic heterocycles. The second kappa shape index (κ2) is 6.60. The van der Waals surface area contributed by atoms with E-state index in [0.717, 1.165) is 13.0 Å². The van der Waals surface area contributed by atoms with E-state index in [9.17, 15) is 8.42 Å². The molecule has 0 bridgehead atoms. The van der Waals surface area contributed by atoms with Crippen molar-refractivity contribution < 1.29 is 12.8 Å². The number of nitrogens with one attached hydrogen (secondary N) is 1. The molecule has 1 aromatic rings. The number of sulfonamides is 1. The summed E-state index contributed by atoms with van der Waals surface area (Å²) in [5.74, 6) is 0.597. The van der Waals surface area contributed by atoms with Crippen LogP contribution in [0.4, 0.5) is 0 Å². The Bertz CT molecular complexity index is 552. The zero-order valence-electron chi connectivity index (χ0n) is 12.7. The van der Waals surface area contributed by atoms with Crippen molar-refractivity contribution in [1.82, 2.24) is 9.62 Å². The number of furan rings is 1. The fourth-order valence-corrected chi connectivity index (χ4v) is 4.14. The Morgan fingerprint density at radius 3 is 2.50 bits per heavy atom. The van der Waals surface area contributed by atoms with Gasteiger partial charge in [-0.15, -0.1) is 0 Å². The molecule has 1 N–H and O–H groups in total. The van der Waals surface area contributed by atoms with Gasteiger partial charge >= 0.3 is 0 Å². The van der Waals surface area contributed by atoms with E-state index in [4.69, 9.17) is 4.42 Å². The van der Waals surface area contributed by atoms with Gasteiger partial charge in [-0.2, -0.15) is 4.31 Å². The Balaban J connectivity index is 3.13. The van der Waals surface area contributed by atoms with Crippen LogP contribution in [0.1, 0.15) is 39.9 Å². The van der Waals surface area contributed by atoms with Gasteiger partial charge in [0.2, 0.25) is 10.0 Å². The number of halogens is 1. The number of hydrogen-bond acceptors (Lipinski definition) is 4. The van der Waals surface area contributed by atoms with Gasteiger partial charge in [-0.05, 0) is 42.7 Å². The third kappa shape index (κ3) is 3.63. The van der Waals surface area contributed by atoms with Gasteiger partial charge in [-0.25, -0.2) is 8.42 Å². The van der Waals surface area contributed by atoms with E-state index >= 15 is 0 Å². The van der Waals surface area contributed by atoms with Crippen LogP contribution >= 0.6 is 15.9 Å². The highest BCUT2D eigenvalue weighted by molar-refractivity contribution is 9.10. The first kappa shape index (κ1) is 17.7. The van der Waals surface area contributed by atoms with Gasteiger partial charge in [0, 0.05) is 18.7 Å². The van der Waals surface area contributed by atoms with Crippen molar-refractivity contribution in [1.29, 1.82) is 0 Å². The Kier molecular flexibility index (Phi) is 5.83. The maximum atomic E-state index is 12.7. The highest BCUT2D eigenvalue weighted by atomic mass is 79.9. The fraction of sp³-hybridized carbons (Fsp3) is 0.692. The molecule has 0 aliphatic rings. The van der Waals surface area contributed by atoms with Crippen molar-refractivity contribution in [2.75, 3.05) is 13.6 Å². The monoisotopic (exact) mass is 366 g/mol. The minimum Gasteiger partial charge on any atom is -0.452 e. The van der Waals surface area contributed by atoms with Crippen LogP contribution in [0, 0.1) is 0 Å². The Morgan fingerprint density at radius 1 is 1.40 bits per heavy atom. The predicted octanol–water partition coefficient (Wildman–Crippen LogP) is 2.96. The largest absolute Gasteiger partial charge is 0.452 e. The third-order valence-electron chi connectivity index (χ3n) is 3.61. The molecule has 0 atom stereocenters. The van der Waals surface area contributed by atoms with Crippen molar-refractivity contribution in [3.63, 3.8) is 0 Å². The van der Waals surface area contributed by atoms with Gasteiger partial charge in [-0.3, -0.25) is 0 Å². The number of hydrogen-bond donors (Lipinski definition) is 1. The average molecular weight is 367 g/mol. The van der Waals surface area contributed by atoms with Crippen molar-refractivity contribution >= 4 is 26.0 Å². The predicted molar refractivity (Wildman–Crippen MR) is 83.1 cm³/mol. The highest BCUT2D eigenvalue weighted by Crippen LogP contribution is 2.32. The molecule has 1 rings (SSSR count). The molecule has 0 amide bonds. The first-order valence-corrected chi connectivity index (χ1v) is 8.88. The second-order valence-corrected chi connectivity index (χ2v) is 7.93. The topological polar surface area (TPSA) is 62.6 Å². The quantitative estimate of drug-likeness (QED) is 0.805. The van der Waals surface area contributed by atoms with E-state index in [2.05, 4.69) is 21.2 Å². The molecule has 1 heterocycles. The second-order valence-electron chi connectivity index (χ2n) is 5.27. The molecular formula is C13H23BrN2O3S. The van der Waals surface area contributed by atoms with Crippen molar-refractivity contribution in [3.05, 3.63) is 16.5 Å². The first-order chi connectivity index (χ1) is 9.16. The molecule has 5 nitrogen and oxygen atoms in total. The molecule has 0 saturated carbocycles. The van der Waals surface area contributed by atoms with Crippen LogP contribution in [0.5, 0.6) is 0 Å². The van der Waals surface area contributed by atoms with E-state index in [-0.39, 0.29) is 9.56 Å². The lowest BCUT2D eigenvalue weighted by molar-refractivity contribution is 0.257. The molecular weight excluding hydrogens is 344 g/mol. The van der Waals surface area contributed by atoms with Gasteiger partial charge in [0.25, 0.3) is 0 Å². The van der Waals surface area contributed by atoms with Gasteiger partial charge < -0.3 is 9.73 Å². The molecule has 0 radical (unpaired) electrons. The normalized spacial score (nSPS) is 13.2. The lowest BCUT2D eigenvalue weighted by atomic mass is 10.0. The summed E-state index contributed by atoms with van der Waals surface area (Å²) in [6, 6.07) is 1.57. The maximum Gasteiger partial charge on any atom is 0.247 e. The summed E-state index contributed by atoms with van der Waals surface area (Å²) in [5, 5.41) is 3.10. The Morgan fingerprint density at radius 2 is 2.00 bits per heavy atom. The molecule has 0 aliphatic heterocycles. The lowest BCUT2D eigenvalue weighted by Crippen LogP contribution is -2.44. The molecule has 0 aromatic carbocycles. The van der Waals surface area contributed by atoms with Gasteiger partial charge in [0.05, 0.1) is 6.54 Å². The van der Waals surface area contributed by atoms with Gasteiger partial charge in [0.1, 0.15) is 10.7 Å². The number of rotatable bonds is 7. The highest BCUT2D eigenvalue weighted by Gasteiger charge is 2.35. The molecule has 0 unspecified atom stereocenters. The van der Waals surface area contributed by atoms with E-state index in [0.29, 0.717) is 12.3 Å². The van der Waals surface area contributed by atoms with Crippen LogP contribution in [0.25, 0.3) is 0 Å².